The Hall–Kier alpha value is -4.67. The Labute approximate surface area is 290 Å². The van der Waals surface area contributed by atoms with Gasteiger partial charge in [-0.2, -0.15) is 18.6 Å². The van der Waals surface area contributed by atoms with Crippen LogP contribution in [0.5, 0.6) is 5.75 Å². The molecule has 2 amide bonds. The van der Waals surface area contributed by atoms with E-state index in [2.05, 4.69) is 31.9 Å². The number of benzene rings is 1. The van der Waals surface area contributed by atoms with Crippen molar-refractivity contribution in [2.24, 2.45) is 5.16 Å². The molecule has 50 heavy (non-hydrogen) atoms. The number of β-lactam (4-membered cyclic amide) rings is 1. The summed E-state index contributed by atoms with van der Waals surface area (Å²) in [6.07, 6.45) is 2.06. The Morgan fingerprint density at radius 2 is 1.94 bits per heavy atom. The van der Waals surface area contributed by atoms with Gasteiger partial charge in [-0.15, -0.1) is 15.6 Å². The lowest BCUT2D eigenvalue weighted by Gasteiger charge is -2.50. The first-order valence-corrected chi connectivity index (χ1v) is 17.5. The summed E-state index contributed by atoms with van der Waals surface area (Å²) in [5, 5.41) is 22.2. The molecule has 5 rings (SSSR count). The Balaban J connectivity index is 1.21. The summed E-state index contributed by atoms with van der Waals surface area (Å²) in [6, 6.07) is 5.62. The number of aromatic nitrogens is 3. The average Bonchev–Trinajstić information content (AvgIpc) is 3.72. The summed E-state index contributed by atoms with van der Waals surface area (Å²) in [4.78, 5) is 47.0. The smallest absolute Gasteiger partial charge is 0.418 e. The second-order valence-electron chi connectivity index (χ2n) is 12.4. The van der Waals surface area contributed by atoms with E-state index >= 15 is 0 Å². The molecule has 0 radical (unpaired) electrons. The summed E-state index contributed by atoms with van der Waals surface area (Å²) < 4.78 is 49.4. The third-order valence-electron chi connectivity index (χ3n) is 8.29. The zero-order valence-corrected chi connectivity index (χ0v) is 28.9. The minimum Gasteiger partial charge on any atom is -0.489 e. The van der Waals surface area contributed by atoms with Crippen molar-refractivity contribution in [1.29, 1.82) is 0 Å². The summed E-state index contributed by atoms with van der Waals surface area (Å²) in [7, 11) is -2.80. The first kappa shape index (κ1) is 36.6. The number of aliphatic carboxylic acids is 1. The molecule has 0 saturated carbocycles. The molecular weight excluding hydrogens is 700 g/mol. The molecular formula is C29H37N8O11S2+. The van der Waals surface area contributed by atoms with Crippen molar-refractivity contribution in [2.45, 2.75) is 38.1 Å². The average molecular weight is 738 g/mol. The fourth-order valence-electron chi connectivity index (χ4n) is 5.19. The number of anilines is 1. The van der Waals surface area contributed by atoms with E-state index in [1.54, 1.807) is 18.3 Å². The summed E-state index contributed by atoms with van der Waals surface area (Å²) in [6.45, 7) is 7.37. The molecule has 3 aromatic rings. The van der Waals surface area contributed by atoms with Crippen molar-refractivity contribution in [3.05, 3.63) is 47.7 Å². The lowest BCUT2D eigenvalue weighted by molar-refractivity contribution is -0.917. The molecule has 0 bridgehead atoms. The number of nitrogens with two attached hydrogens (primary N) is 1. The van der Waals surface area contributed by atoms with E-state index in [1.165, 1.54) is 19.2 Å². The number of carboxylic acids is 1. The van der Waals surface area contributed by atoms with Gasteiger partial charge in [-0.25, -0.2) is 9.78 Å². The molecule has 270 valence electrons. The molecule has 19 nitrogen and oxygen atoms in total. The lowest BCUT2D eigenvalue weighted by atomic mass is 9.84. The molecule has 2 atom stereocenters. The van der Waals surface area contributed by atoms with E-state index in [9.17, 15) is 27.9 Å². The highest BCUT2D eigenvalue weighted by molar-refractivity contribution is 7.80. The quantitative estimate of drug-likeness (QED) is 0.0534. The van der Waals surface area contributed by atoms with E-state index in [-0.39, 0.29) is 10.8 Å². The highest BCUT2D eigenvalue weighted by Crippen LogP contribution is 2.33. The Kier molecular flexibility index (Phi) is 10.7. The van der Waals surface area contributed by atoms with Crippen molar-refractivity contribution in [3.8, 4) is 16.9 Å². The number of likely N-dealkylation sites (N-methyl/N-ethyl adjacent to an activating group) is 1. The number of carbonyl (C=O) groups is 3. The van der Waals surface area contributed by atoms with Crippen LogP contribution < -0.4 is 15.8 Å². The standard InChI is InChI=1S/C29H36N8O11S2/c1-29(2)24(26(39)36(29)48-50(42,43)44)33-25(38)23(21-17-49-28(30)32-21)34-47-22(27(40)41)16-46-20-6-4-18(5-7-20)19-14-31-35(15-19)8-9-37(3)10-12-45-13-11-37/h4-7,14-15,17,22,24H,8-13,16H2,1-3H3,(H4-,30,32,33,38,40,41,42,43,44)/p+1/b34-23-/t22?,24-/m1/s1. The number of nitrogens with one attached hydrogen (secondary N) is 1. The molecule has 0 spiro atoms. The van der Waals surface area contributed by atoms with Gasteiger partial charge in [0.1, 0.15) is 37.2 Å². The number of hydroxylamine groups is 2. The normalized spacial score (nSPS) is 19.4. The first-order chi connectivity index (χ1) is 23.5. The van der Waals surface area contributed by atoms with E-state index in [4.69, 9.17) is 24.6 Å². The number of nitrogens with zero attached hydrogens (tertiary/aromatic N) is 6. The monoisotopic (exact) mass is 737 g/mol. The van der Waals surface area contributed by atoms with Gasteiger partial charge in [0.2, 0.25) is 0 Å². The summed E-state index contributed by atoms with van der Waals surface area (Å²) >= 11 is 0.962. The van der Waals surface area contributed by atoms with E-state index in [0.29, 0.717) is 10.8 Å². The van der Waals surface area contributed by atoms with Gasteiger partial charge < -0.3 is 35.0 Å². The first-order valence-electron chi connectivity index (χ1n) is 15.2. The molecule has 4 heterocycles. The highest BCUT2D eigenvalue weighted by Gasteiger charge is 2.58. The van der Waals surface area contributed by atoms with Gasteiger partial charge >= 0.3 is 16.4 Å². The minimum absolute atomic E-state index is 0.0609. The van der Waals surface area contributed by atoms with Gasteiger partial charge in [-0.1, -0.05) is 17.3 Å². The van der Waals surface area contributed by atoms with Crippen LogP contribution in [0.15, 0.2) is 47.2 Å². The largest absolute Gasteiger partial charge is 0.489 e. The number of morpholine rings is 1. The molecule has 2 aromatic heterocycles. The van der Waals surface area contributed by atoms with Gasteiger partial charge in [0.15, 0.2) is 10.8 Å². The number of quaternary nitrogens is 1. The predicted octanol–water partition coefficient (Wildman–Crippen LogP) is 0.159. The maximum atomic E-state index is 13.2. The second-order valence-corrected chi connectivity index (χ2v) is 14.3. The van der Waals surface area contributed by atoms with Crippen molar-refractivity contribution in [3.63, 3.8) is 0 Å². The van der Waals surface area contributed by atoms with Gasteiger partial charge in [-0.05, 0) is 31.5 Å². The molecule has 21 heteroatoms. The third kappa shape index (κ3) is 8.73. The van der Waals surface area contributed by atoms with Crippen LogP contribution in [-0.2, 0) is 45.2 Å². The van der Waals surface area contributed by atoms with Crippen LogP contribution >= 0.6 is 11.3 Å². The molecule has 2 aliphatic heterocycles. The van der Waals surface area contributed by atoms with Crippen LogP contribution in [0.1, 0.15) is 19.5 Å². The van der Waals surface area contributed by atoms with Gasteiger partial charge in [0.25, 0.3) is 17.9 Å². The number of carbonyl (C=O) groups excluding carboxylic acids is 2. The van der Waals surface area contributed by atoms with Crippen LogP contribution in [0.2, 0.25) is 0 Å². The Morgan fingerprint density at radius 3 is 2.54 bits per heavy atom. The van der Waals surface area contributed by atoms with Crippen molar-refractivity contribution in [1.82, 2.24) is 25.1 Å². The maximum Gasteiger partial charge on any atom is 0.418 e. The number of hydrogen-bond acceptors (Lipinski definition) is 14. The number of rotatable bonds is 15. The molecule has 0 aliphatic carbocycles. The van der Waals surface area contributed by atoms with Crippen molar-refractivity contribution >= 4 is 50.4 Å². The van der Waals surface area contributed by atoms with Crippen molar-refractivity contribution in [2.75, 3.05) is 52.2 Å². The Morgan fingerprint density at radius 1 is 1.24 bits per heavy atom. The van der Waals surface area contributed by atoms with Gasteiger partial charge in [-0.3, -0.25) is 18.8 Å². The van der Waals surface area contributed by atoms with E-state index in [0.717, 1.165) is 66.3 Å². The fourth-order valence-corrected chi connectivity index (χ4v) is 6.19. The highest BCUT2D eigenvalue weighted by atomic mass is 32.3. The number of amides is 2. The molecule has 1 aromatic carbocycles. The number of ether oxygens (including phenoxy) is 2. The maximum absolute atomic E-state index is 13.2. The molecule has 5 N–H and O–H groups in total. The zero-order chi connectivity index (χ0) is 36.3. The summed E-state index contributed by atoms with van der Waals surface area (Å²) in [5.74, 6) is -3.11. The minimum atomic E-state index is -5.02. The van der Waals surface area contributed by atoms with E-state index < -0.39 is 58.2 Å². The number of nitrogen functional groups attached to an aromatic ring is 1. The topological polar surface area (TPSA) is 247 Å². The van der Waals surface area contributed by atoms with Crippen LogP contribution in [0, 0.1) is 0 Å². The lowest BCUT2D eigenvalue weighted by Crippen LogP contribution is -2.76. The predicted molar refractivity (Wildman–Crippen MR) is 176 cm³/mol. The summed E-state index contributed by atoms with van der Waals surface area (Å²) in [5.41, 5.74) is 5.46. The SMILES string of the molecule is CC1(C)[C@H](NC(=O)/C(=N\OC(COc2ccc(-c3cnn(CC[N+]4(C)CCOCC4)c3)cc2)C(=O)O)c2csc(N)n2)C(=O)N1OS(=O)(=O)O. The number of thiazole rings is 1. The van der Waals surface area contributed by atoms with Crippen LogP contribution in [-0.4, -0.2) is 130 Å². The van der Waals surface area contributed by atoms with Crippen LogP contribution in [0.25, 0.3) is 11.1 Å². The molecule has 2 saturated heterocycles. The number of oxime groups is 1. The molecule has 2 fully saturated rings. The van der Waals surface area contributed by atoms with E-state index in [1.807, 2.05) is 23.0 Å². The van der Waals surface area contributed by atoms with Crippen LogP contribution in [0.3, 0.4) is 0 Å². The molecule has 2 aliphatic rings. The van der Waals surface area contributed by atoms with Crippen molar-refractivity contribution < 1.29 is 55.5 Å². The van der Waals surface area contributed by atoms with Gasteiger partial charge in [0, 0.05) is 17.1 Å². The number of hydrogen-bond donors (Lipinski definition) is 4. The Bertz CT molecular complexity index is 1850. The second kappa shape index (κ2) is 14.7. The zero-order valence-electron chi connectivity index (χ0n) is 27.3. The fraction of sp³-hybridized carbons (Fsp3) is 0.448. The number of carboxylic acid groups (broad SMARTS) is 1. The third-order valence-corrected chi connectivity index (χ3v) is 9.30. The van der Waals surface area contributed by atoms with Crippen LogP contribution in [0.4, 0.5) is 5.13 Å². The van der Waals surface area contributed by atoms with Gasteiger partial charge in [0.05, 0.1) is 45.1 Å². The molecule has 1 unspecified atom stereocenters.